The lowest BCUT2D eigenvalue weighted by atomic mass is 10.2. The van der Waals surface area contributed by atoms with Gasteiger partial charge in [0, 0.05) is 13.0 Å². The molecule has 1 aromatic carbocycles. The van der Waals surface area contributed by atoms with E-state index in [4.69, 9.17) is 9.74 Å². The van der Waals surface area contributed by atoms with E-state index >= 15 is 0 Å². The fourth-order valence-electron chi connectivity index (χ4n) is 1.60. The molecule has 17 heavy (non-hydrogen) atoms. The SMILES string of the molecule is Cc1ccc(NCCCC(=O)O)c2nonc12. The monoisotopic (exact) mass is 235 g/mol. The third-order valence-corrected chi connectivity index (χ3v) is 2.50. The summed E-state index contributed by atoms with van der Waals surface area (Å²) in [5.41, 5.74) is 3.23. The maximum absolute atomic E-state index is 10.4. The lowest BCUT2D eigenvalue weighted by Crippen LogP contribution is -2.05. The molecule has 2 rings (SSSR count). The van der Waals surface area contributed by atoms with Gasteiger partial charge in [-0.15, -0.1) is 0 Å². The molecule has 90 valence electrons. The summed E-state index contributed by atoms with van der Waals surface area (Å²) < 4.78 is 4.70. The molecule has 0 spiro atoms. The molecule has 0 bridgehead atoms. The number of carboxylic acid groups (broad SMARTS) is 1. The maximum Gasteiger partial charge on any atom is 0.303 e. The average molecular weight is 235 g/mol. The number of nitrogens with one attached hydrogen (secondary N) is 1. The van der Waals surface area contributed by atoms with E-state index in [0.29, 0.717) is 18.5 Å². The zero-order valence-corrected chi connectivity index (χ0v) is 9.43. The number of rotatable bonds is 5. The van der Waals surface area contributed by atoms with Gasteiger partial charge >= 0.3 is 5.97 Å². The minimum absolute atomic E-state index is 0.152. The van der Waals surface area contributed by atoms with Gasteiger partial charge in [0.2, 0.25) is 0 Å². The predicted octanol–water partition coefficient (Wildman–Crippen LogP) is 1.81. The summed E-state index contributed by atoms with van der Waals surface area (Å²) in [6, 6.07) is 3.81. The van der Waals surface area contributed by atoms with Crippen molar-refractivity contribution in [2.24, 2.45) is 0 Å². The number of anilines is 1. The van der Waals surface area contributed by atoms with E-state index < -0.39 is 5.97 Å². The molecule has 0 unspecified atom stereocenters. The largest absolute Gasteiger partial charge is 0.481 e. The highest BCUT2D eigenvalue weighted by Crippen LogP contribution is 2.22. The number of nitrogens with zero attached hydrogens (tertiary/aromatic N) is 2. The van der Waals surface area contributed by atoms with Crippen LogP contribution in [0.2, 0.25) is 0 Å². The van der Waals surface area contributed by atoms with Gasteiger partial charge in [-0.05, 0) is 35.3 Å². The van der Waals surface area contributed by atoms with Gasteiger partial charge in [-0.2, -0.15) is 0 Å². The third kappa shape index (κ3) is 2.52. The molecule has 1 aromatic heterocycles. The van der Waals surface area contributed by atoms with E-state index in [1.54, 1.807) is 0 Å². The van der Waals surface area contributed by atoms with Crippen LogP contribution in [0.5, 0.6) is 0 Å². The van der Waals surface area contributed by atoms with Crippen molar-refractivity contribution in [1.82, 2.24) is 10.3 Å². The van der Waals surface area contributed by atoms with Crippen molar-refractivity contribution in [2.75, 3.05) is 11.9 Å². The van der Waals surface area contributed by atoms with E-state index in [1.807, 2.05) is 19.1 Å². The summed E-state index contributed by atoms with van der Waals surface area (Å²) in [7, 11) is 0. The number of aromatic nitrogens is 2. The summed E-state index contributed by atoms with van der Waals surface area (Å²) in [5, 5.41) is 19.3. The lowest BCUT2D eigenvalue weighted by molar-refractivity contribution is -0.137. The Morgan fingerprint density at radius 3 is 2.94 bits per heavy atom. The molecule has 0 fully saturated rings. The fourth-order valence-corrected chi connectivity index (χ4v) is 1.60. The molecular formula is C11H13N3O3. The van der Waals surface area contributed by atoms with Crippen LogP contribution in [0, 0.1) is 6.92 Å². The van der Waals surface area contributed by atoms with E-state index in [9.17, 15) is 4.79 Å². The number of fused-ring (bicyclic) bond motifs is 1. The first-order valence-electron chi connectivity index (χ1n) is 5.36. The predicted molar refractivity (Wildman–Crippen MR) is 61.9 cm³/mol. The maximum atomic E-state index is 10.4. The Kier molecular flexibility index (Phi) is 3.22. The number of hydrogen-bond donors (Lipinski definition) is 2. The minimum atomic E-state index is -0.788. The molecular weight excluding hydrogens is 222 g/mol. The lowest BCUT2D eigenvalue weighted by Gasteiger charge is -2.05. The second-order valence-corrected chi connectivity index (χ2v) is 3.82. The third-order valence-electron chi connectivity index (χ3n) is 2.50. The Morgan fingerprint density at radius 2 is 2.18 bits per heavy atom. The summed E-state index contributed by atoms with van der Waals surface area (Å²) in [6.07, 6.45) is 0.717. The second kappa shape index (κ2) is 4.82. The highest BCUT2D eigenvalue weighted by molar-refractivity contribution is 5.89. The normalized spacial score (nSPS) is 10.6. The number of carboxylic acids is 1. The first-order chi connectivity index (χ1) is 8.18. The summed E-state index contributed by atoms with van der Waals surface area (Å²) in [5.74, 6) is -0.788. The second-order valence-electron chi connectivity index (χ2n) is 3.82. The smallest absolute Gasteiger partial charge is 0.303 e. The summed E-state index contributed by atoms with van der Waals surface area (Å²) in [6.45, 7) is 2.51. The first-order valence-corrected chi connectivity index (χ1v) is 5.36. The van der Waals surface area contributed by atoms with Crippen LogP contribution in [-0.4, -0.2) is 27.9 Å². The van der Waals surface area contributed by atoms with Crippen molar-refractivity contribution in [3.05, 3.63) is 17.7 Å². The molecule has 0 saturated carbocycles. The van der Waals surface area contributed by atoms with Gasteiger partial charge in [0.05, 0.1) is 5.69 Å². The highest BCUT2D eigenvalue weighted by Gasteiger charge is 2.08. The number of carbonyl (C=O) groups is 1. The molecule has 0 radical (unpaired) electrons. The molecule has 0 saturated heterocycles. The Morgan fingerprint density at radius 1 is 1.41 bits per heavy atom. The number of benzene rings is 1. The van der Waals surface area contributed by atoms with Crippen LogP contribution in [0.3, 0.4) is 0 Å². The Hall–Kier alpha value is -2.11. The van der Waals surface area contributed by atoms with Crippen molar-refractivity contribution in [1.29, 1.82) is 0 Å². The molecule has 0 atom stereocenters. The van der Waals surface area contributed by atoms with Crippen LogP contribution in [-0.2, 0) is 4.79 Å². The van der Waals surface area contributed by atoms with Gasteiger partial charge < -0.3 is 10.4 Å². The number of aryl methyl sites for hydroxylation is 1. The highest BCUT2D eigenvalue weighted by atomic mass is 16.6. The van der Waals surface area contributed by atoms with E-state index in [2.05, 4.69) is 15.6 Å². The van der Waals surface area contributed by atoms with Gasteiger partial charge in [0.15, 0.2) is 5.52 Å². The zero-order valence-electron chi connectivity index (χ0n) is 9.43. The average Bonchev–Trinajstić information content (AvgIpc) is 2.76. The van der Waals surface area contributed by atoms with E-state index in [0.717, 1.165) is 16.8 Å². The number of hydrogen-bond acceptors (Lipinski definition) is 5. The van der Waals surface area contributed by atoms with Crippen molar-refractivity contribution in [3.8, 4) is 0 Å². The van der Waals surface area contributed by atoms with Crippen LogP contribution in [0.25, 0.3) is 11.0 Å². The standard InChI is InChI=1S/C11H13N3O3/c1-7-4-5-8(11-10(7)13-17-14-11)12-6-2-3-9(15)16/h4-5,12H,2-3,6H2,1H3,(H,15,16). The molecule has 1 heterocycles. The molecule has 6 heteroatoms. The Bertz CT molecular complexity index is 536. The van der Waals surface area contributed by atoms with Crippen molar-refractivity contribution in [2.45, 2.75) is 19.8 Å². The molecule has 6 nitrogen and oxygen atoms in total. The topological polar surface area (TPSA) is 88.2 Å². The van der Waals surface area contributed by atoms with Crippen molar-refractivity contribution < 1.29 is 14.5 Å². The molecule has 2 aromatic rings. The van der Waals surface area contributed by atoms with Gasteiger partial charge in [0.25, 0.3) is 0 Å². The Labute approximate surface area is 97.6 Å². The van der Waals surface area contributed by atoms with Crippen LogP contribution in [0.1, 0.15) is 18.4 Å². The van der Waals surface area contributed by atoms with Crippen LogP contribution >= 0.6 is 0 Å². The summed E-state index contributed by atoms with van der Waals surface area (Å²) in [4.78, 5) is 10.4. The van der Waals surface area contributed by atoms with Crippen LogP contribution in [0.15, 0.2) is 16.8 Å². The van der Waals surface area contributed by atoms with Crippen LogP contribution in [0.4, 0.5) is 5.69 Å². The molecule has 0 aliphatic heterocycles. The summed E-state index contributed by atoms with van der Waals surface area (Å²) >= 11 is 0. The van der Waals surface area contributed by atoms with Crippen molar-refractivity contribution in [3.63, 3.8) is 0 Å². The zero-order chi connectivity index (χ0) is 12.3. The van der Waals surface area contributed by atoms with E-state index in [-0.39, 0.29) is 6.42 Å². The van der Waals surface area contributed by atoms with Crippen molar-refractivity contribution >= 4 is 22.7 Å². The first kappa shape index (κ1) is 11.4. The number of aliphatic carboxylic acids is 1. The van der Waals surface area contributed by atoms with Gasteiger partial charge in [-0.1, -0.05) is 6.07 Å². The van der Waals surface area contributed by atoms with Gasteiger partial charge in [-0.25, -0.2) is 4.63 Å². The quantitative estimate of drug-likeness (QED) is 0.768. The molecule has 0 aliphatic carbocycles. The minimum Gasteiger partial charge on any atom is -0.481 e. The molecule has 0 amide bonds. The fraction of sp³-hybridized carbons (Fsp3) is 0.364. The Balaban J connectivity index is 2.06. The van der Waals surface area contributed by atoms with Crippen LogP contribution < -0.4 is 5.32 Å². The van der Waals surface area contributed by atoms with Gasteiger partial charge in [0.1, 0.15) is 5.52 Å². The molecule has 2 N–H and O–H groups in total. The van der Waals surface area contributed by atoms with E-state index in [1.165, 1.54) is 0 Å². The van der Waals surface area contributed by atoms with Gasteiger partial charge in [-0.3, -0.25) is 4.79 Å². The molecule has 0 aliphatic rings.